The Hall–Kier alpha value is -4.02. The van der Waals surface area contributed by atoms with Gasteiger partial charge < -0.3 is 4.74 Å². The number of carbonyl (C=O) groups excluding carboxylic acids is 1. The molecule has 34 heavy (non-hydrogen) atoms. The molecule has 0 bridgehead atoms. The van der Waals surface area contributed by atoms with Crippen LogP contribution in [-0.4, -0.2) is 28.1 Å². The Morgan fingerprint density at radius 3 is 2.35 bits per heavy atom. The molecule has 1 aliphatic heterocycles. The normalized spacial score (nSPS) is 18.1. The summed E-state index contributed by atoms with van der Waals surface area (Å²) in [5.74, 6) is 0.263. The molecule has 0 aliphatic carbocycles. The number of rotatable bonds is 6. The molecule has 9 nitrogen and oxygen atoms in total. The molecular weight excluding hydrogens is 434 g/mol. The molecule has 2 heterocycles. The first kappa shape index (κ1) is 21.8. The van der Waals surface area contributed by atoms with Crippen molar-refractivity contribution in [2.75, 3.05) is 7.11 Å². The van der Waals surface area contributed by atoms with Gasteiger partial charge in [0.15, 0.2) is 5.72 Å². The van der Waals surface area contributed by atoms with Crippen LogP contribution in [0.1, 0.15) is 23.0 Å². The van der Waals surface area contributed by atoms with Gasteiger partial charge in [0.25, 0.3) is 5.91 Å². The average Bonchev–Trinajstić information content (AvgIpc) is 3.50. The van der Waals surface area contributed by atoms with Crippen molar-refractivity contribution in [3.05, 3.63) is 102 Å². The standard InChI is InChI=1S/C25H23N5O4/c1-25(19-13-15-21(32-2)16-14-19)28-34-30(33-25)27-24(31)23-17-22(18-9-5-3-6-10-18)26-29(23)20-11-7-4-8-12-20/h3-17,28H,1-2H3,(H,27,31). The Morgan fingerprint density at radius 2 is 1.68 bits per heavy atom. The molecule has 0 radical (unpaired) electrons. The first-order chi connectivity index (χ1) is 16.6. The van der Waals surface area contributed by atoms with Crippen LogP contribution in [0.25, 0.3) is 16.9 Å². The molecule has 2 N–H and O–H groups in total. The summed E-state index contributed by atoms with van der Waals surface area (Å²) in [6, 6.07) is 28.1. The van der Waals surface area contributed by atoms with E-state index in [4.69, 9.17) is 14.5 Å². The number of hydroxylamine groups is 1. The van der Waals surface area contributed by atoms with Crippen LogP contribution in [0.3, 0.4) is 0 Å². The van der Waals surface area contributed by atoms with Gasteiger partial charge in [-0.1, -0.05) is 60.7 Å². The van der Waals surface area contributed by atoms with E-state index in [0.29, 0.717) is 11.4 Å². The zero-order valence-corrected chi connectivity index (χ0v) is 18.6. The smallest absolute Gasteiger partial charge is 0.288 e. The van der Waals surface area contributed by atoms with Crippen LogP contribution in [-0.2, 0) is 15.5 Å². The second-order valence-corrected chi connectivity index (χ2v) is 7.77. The maximum Gasteiger partial charge on any atom is 0.288 e. The summed E-state index contributed by atoms with van der Waals surface area (Å²) < 4.78 is 6.79. The lowest BCUT2D eigenvalue weighted by Gasteiger charge is -2.21. The average molecular weight is 457 g/mol. The fourth-order valence-corrected chi connectivity index (χ4v) is 3.60. The highest BCUT2D eigenvalue weighted by atomic mass is 17.1. The number of carbonyl (C=O) groups is 1. The number of amides is 1. The number of hydrogen-bond donors (Lipinski definition) is 2. The first-order valence-electron chi connectivity index (χ1n) is 10.7. The fourth-order valence-electron chi connectivity index (χ4n) is 3.60. The number of ether oxygens (including phenoxy) is 1. The van der Waals surface area contributed by atoms with E-state index in [1.54, 1.807) is 24.8 Å². The summed E-state index contributed by atoms with van der Waals surface area (Å²) in [6.45, 7) is 1.78. The van der Waals surface area contributed by atoms with Gasteiger partial charge in [-0.05, 0) is 37.3 Å². The van der Waals surface area contributed by atoms with E-state index in [1.165, 1.54) is 0 Å². The Morgan fingerprint density at radius 1 is 1.00 bits per heavy atom. The lowest BCUT2D eigenvalue weighted by atomic mass is 10.1. The summed E-state index contributed by atoms with van der Waals surface area (Å²) >= 11 is 0. The topological polar surface area (TPSA) is 89.9 Å². The number of benzene rings is 3. The van der Waals surface area contributed by atoms with Gasteiger partial charge in [0.05, 0.1) is 23.8 Å². The monoisotopic (exact) mass is 457 g/mol. The number of aromatic nitrogens is 2. The van der Waals surface area contributed by atoms with Gasteiger partial charge in [0, 0.05) is 11.1 Å². The van der Waals surface area contributed by atoms with E-state index in [2.05, 4.69) is 16.0 Å². The highest BCUT2D eigenvalue weighted by molar-refractivity contribution is 5.94. The van der Waals surface area contributed by atoms with Gasteiger partial charge >= 0.3 is 0 Å². The molecule has 0 spiro atoms. The van der Waals surface area contributed by atoms with Crippen LogP contribution in [0.5, 0.6) is 5.75 Å². The molecule has 9 heteroatoms. The largest absolute Gasteiger partial charge is 0.497 e. The minimum absolute atomic E-state index is 0.315. The number of methoxy groups -OCH3 is 1. The van der Waals surface area contributed by atoms with E-state index in [1.807, 2.05) is 84.9 Å². The Bertz CT molecular complexity index is 1280. The van der Waals surface area contributed by atoms with Crippen molar-refractivity contribution < 1.29 is 19.3 Å². The predicted octanol–water partition coefficient (Wildman–Crippen LogP) is 3.75. The molecule has 3 aromatic carbocycles. The molecule has 1 aromatic heterocycles. The van der Waals surface area contributed by atoms with Crippen molar-refractivity contribution >= 4 is 5.91 Å². The molecule has 1 unspecified atom stereocenters. The van der Waals surface area contributed by atoms with Crippen molar-refractivity contribution in [3.63, 3.8) is 0 Å². The summed E-state index contributed by atoms with van der Waals surface area (Å²) in [5.41, 5.74) is 7.81. The van der Waals surface area contributed by atoms with Crippen molar-refractivity contribution in [2.24, 2.45) is 0 Å². The highest BCUT2D eigenvalue weighted by Gasteiger charge is 2.40. The Labute approximate surface area is 196 Å². The zero-order chi connectivity index (χ0) is 23.5. The number of hydrazine groups is 1. The third-order valence-electron chi connectivity index (χ3n) is 5.43. The second kappa shape index (κ2) is 9.08. The highest BCUT2D eigenvalue weighted by Crippen LogP contribution is 2.29. The molecular formula is C25H23N5O4. The van der Waals surface area contributed by atoms with E-state index in [0.717, 1.165) is 27.9 Å². The molecule has 0 saturated carbocycles. The predicted molar refractivity (Wildman–Crippen MR) is 124 cm³/mol. The zero-order valence-electron chi connectivity index (χ0n) is 18.6. The van der Waals surface area contributed by atoms with Crippen molar-refractivity contribution in [3.8, 4) is 22.7 Å². The number of hydrogen-bond acceptors (Lipinski definition) is 7. The molecule has 1 amide bonds. The molecule has 172 valence electrons. The molecule has 1 aliphatic rings. The number of nitrogens with one attached hydrogen (secondary N) is 2. The minimum Gasteiger partial charge on any atom is -0.497 e. The Kier molecular flexibility index (Phi) is 5.83. The summed E-state index contributed by atoms with van der Waals surface area (Å²) in [6.07, 6.45) is 0. The van der Waals surface area contributed by atoms with Crippen LogP contribution in [0.15, 0.2) is 91.0 Å². The van der Waals surface area contributed by atoms with E-state index >= 15 is 0 Å². The van der Waals surface area contributed by atoms with Gasteiger partial charge in [-0.15, -0.1) is 5.48 Å². The number of nitrogens with zero attached hydrogens (tertiary/aromatic N) is 3. The van der Waals surface area contributed by atoms with Crippen molar-refractivity contribution in [1.29, 1.82) is 0 Å². The van der Waals surface area contributed by atoms with Crippen LogP contribution in [0, 0.1) is 0 Å². The van der Waals surface area contributed by atoms with E-state index < -0.39 is 11.6 Å². The van der Waals surface area contributed by atoms with Crippen LogP contribution in [0.2, 0.25) is 0 Å². The maximum absolute atomic E-state index is 13.3. The van der Waals surface area contributed by atoms with Crippen molar-refractivity contribution in [2.45, 2.75) is 12.6 Å². The van der Waals surface area contributed by atoms with Crippen molar-refractivity contribution in [1.82, 2.24) is 26.0 Å². The van der Waals surface area contributed by atoms with Crippen LogP contribution < -0.4 is 15.6 Å². The maximum atomic E-state index is 13.3. The summed E-state index contributed by atoms with van der Waals surface area (Å²) in [4.78, 5) is 24.5. The third-order valence-corrected chi connectivity index (χ3v) is 5.43. The van der Waals surface area contributed by atoms with E-state index in [9.17, 15) is 4.79 Å². The molecule has 1 fully saturated rings. The molecule has 4 aromatic rings. The number of para-hydroxylation sites is 1. The summed E-state index contributed by atoms with van der Waals surface area (Å²) in [5, 5.41) is 5.57. The lowest BCUT2D eigenvalue weighted by molar-refractivity contribution is -0.350. The summed E-state index contributed by atoms with van der Waals surface area (Å²) in [7, 11) is 1.60. The molecule has 1 saturated heterocycles. The van der Waals surface area contributed by atoms with Gasteiger partial charge in [-0.3, -0.25) is 4.79 Å². The fraction of sp³-hybridized carbons (Fsp3) is 0.120. The molecule has 1 atom stereocenters. The van der Waals surface area contributed by atoms with Gasteiger partial charge in [0.2, 0.25) is 0 Å². The second-order valence-electron chi connectivity index (χ2n) is 7.77. The van der Waals surface area contributed by atoms with Gasteiger partial charge in [-0.25, -0.2) is 14.9 Å². The lowest BCUT2D eigenvalue weighted by Crippen LogP contribution is -2.40. The van der Waals surface area contributed by atoms with Crippen LogP contribution >= 0.6 is 0 Å². The van der Waals surface area contributed by atoms with Gasteiger partial charge in [0.1, 0.15) is 11.4 Å². The van der Waals surface area contributed by atoms with E-state index in [-0.39, 0.29) is 0 Å². The minimum atomic E-state index is -1.02. The van der Waals surface area contributed by atoms with Gasteiger partial charge in [-0.2, -0.15) is 10.0 Å². The van der Waals surface area contributed by atoms with Crippen LogP contribution in [0.4, 0.5) is 0 Å². The quantitative estimate of drug-likeness (QED) is 0.456. The molecule has 5 rings (SSSR count). The third kappa shape index (κ3) is 4.28. The Balaban J connectivity index is 1.38. The SMILES string of the molecule is COc1ccc(C2(C)NON(NC(=O)c3cc(-c4ccccc4)nn3-c3ccccc3)O2)cc1. The first-order valence-corrected chi connectivity index (χ1v) is 10.7.